The van der Waals surface area contributed by atoms with Crippen LogP contribution in [0.4, 0.5) is 5.69 Å². The van der Waals surface area contributed by atoms with Crippen LogP contribution in [0.15, 0.2) is 99.8 Å². The summed E-state index contributed by atoms with van der Waals surface area (Å²) >= 11 is 3.68. The maximum absolute atomic E-state index is 14.2. The molecule has 47 heavy (non-hydrogen) atoms. The Balaban J connectivity index is 1.35. The zero-order chi connectivity index (χ0) is 33.5. The highest BCUT2D eigenvalue weighted by Crippen LogP contribution is 2.54. The van der Waals surface area contributed by atoms with Crippen LogP contribution in [0.2, 0.25) is 0 Å². The van der Waals surface area contributed by atoms with Gasteiger partial charge in [0.05, 0.1) is 4.47 Å². The van der Waals surface area contributed by atoms with E-state index in [4.69, 9.17) is 4.74 Å². The summed E-state index contributed by atoms with van der Waals surface area (Å²) in [5.41, 5.74) is 7.12. The van der Waals surface area contributed by atoms with E-state index in [0.29, 0.717) is 29.6 Å². The lowest BCUT2D eigenvalue weighted by molar-refractivity contribution is -0.120. The smallest absolute Gasteiger partial charge is 0.262 e. The lowest BCUT2D eigenvalue weighted by Crippen LogP contribution is -2.45. The first-order chi connectivity index (χ1) is 22.3. The van der Waals surface area contributed by atoms with Crippen molar-refractivity contribution in [3.8, 4) is 5.75 Å². The molecule has 0 saturated heterocycles. The number of nitrogens with zero attached hydrogens (tertiary/aromatic N) is 1. The lowest BCUT2D eigenvalue weighted by Gasteiger charge is -2.49. The minimum Gasteiger partial charge on any atom is -0.483 e. The van der Waals surface area contributed by atoms with Crippen LogP contribution >= 0.6 is 15.9 Å². The number of hydrogen-bond donors (Lipinski definition) is 1. The Morgan fingerprint density at radius 1 is 0.851 bits per heavy atom. The molecule has 0 radical (unpaired) electrons. The van der Waals surface area contributed by atoms with Gasteiger partial charge in [-0.3, -0.25) is 14.4 Å². The SMILES string of the molecule is Cc1cccc(NC(=O)COc2ccc(C3C4=C(CC(C)(C)CC4=O)N(CCc4ccccc4)C4=C3C(=O)CC(C)(C)C4)cc2Br)c1. The number of anilines is 1. The van der Waals surface area contributed by atoms with Gasteiger partial charge in [0.1, 0.15) is 5.75 Å². The first-order valence-corrected chi connectivity index (χ1v) is 17.2. The average molecular weight is 696 g/mol. The summed E-state index contributed by atoms with van der Waals surface area (Å²) in [5, 5.41) is 2.87. The summed E-state index contributed by atoms with van der Waals surface area (Å²) in [4.78, 5) is 43.3. The molecule has 0 bridgehead atoms. The van der Waals surface area contributed by atoms with Gasteiger partial charge in [0.25, 0.3) is 5.91 Å². The zero-order valence-corrected chi connectivity index (χ0v) is 29.5. The number of allylic oxidation sites excluding steroid dienone is 4. The molecule has 1 heterocycles. The van der Waals surface area contributed by atoms with Crippen LogP contribution in [0.25, 0.3) is 0 Å². The van der Waals surface area contributed by atoms with Crippen molar-refractivity contribution in [2.75, 3.05) is 18.5 Å². The van der Waals surface area contributed by atoms with E-state index in [2.05, 4.69) is 78.1 Å². The van der Waals surface area contributed by atoms with Crippen molar-refractivity contribution in [1.29, 1.82) is 0 Å². The molecule has 244 valence electrons. The van der Waals surface area contributed by atoms with Crippen molar-refractivity contribution in [1.82, 2.24) is 4.90 Å². The molecule has 1 aliphatic heterocycles. The fourth-order valence-electron chi connectivity index (χ4n) is 7.41. The fraction of sp³-hybridized carbons (Fsp3) is 0.375. The third kappa shape index (κ3) is 7.15. The number of benzene rings is 3. The maximum atomic E-state index is 14.2. The van der Waals surface area contributed by atoms with Crippen LogP contribution in [0.5, 0.6) is 5.75 Å². The maximum Gasteiger partial charge on any atom is 0.262 e. The molecule has 0 fully saturated rings. The number of carbonyl (C=O) groups excluding carboxylic acids is 3. The number of ketones is 2. The Morgan fingerprint density at radius 2 is 1.49 bits per heavy atom. The van der Waals surface area contributed by atoms with E-state index < -0.39 is 5.92 Å². The predicted molar refractivity (Wildman–Crippen MR) is 189 cm³/mol. The quantitative estimate of drug-likeness (QED) is 0.255. The molecule has 6 rings (SSSR count). The Labute approximate surface area is 286 Å². The third-order valence-electron chi connectivity index (χ3n) is 9.44. The highest BCUT2D eigenvalue weighted by molar-refractivity contribution is 9.10. The second-order valence-electron chi connectivity index (χ2n) is 14.8. The topological polar surface area (TPSA) is 75.7 Å². The average Bonchev–Trinajstić information content (AvgIpc) is 2.98. The number of nitrogens with one attached hydrogen (secondary N) is 1. The normalized spacial score (nSPS) is 19.0. The summed E-state index contributed by atoms with van der Waals surface area (Å²) in [6, 6.07) is 23.7. The van der Waals surface area contributed by atoms with E-state index in [9.17, 15) is 14.4 Å². The molecule has 7 heteroatoms. The number of rotatable bonds is 8. The van der Waals surface area contributed by atoms with E-state index in [1.54, 1.807) is 0 Å². The minimum atomic E-state index is -0.449. The highest BCUT2D eigenvalue weighted by atomic mass is 79.9. The van der Waals surface area contributed by atoms with Gasteiger partial charge in [-0.1, -0.05) is 76.2 Å². The molecule has 0 aromatic heterocycles. The summed E-state index contributed by atoms with van der Waals surface area (Å²) in [6.45, 7) is 11.2. The highest BCUT2D eigenvalue weighted by Gasteiger charge is 2.48. The monoisotopic (exact) mass is 694 g/mol. The van der Waals surface area contributed by atoms with Crippen molar-refractivity contribution in [2.24, 2.45) is 10.8 Å². The summed E-state index contributed by atoms with van der Waals surface area (Å²) in [6.07, 6.45) is 3.23. The van der Waals surface area contributed by atoms with Gasteiger partial charge in [0, 0.05) is 53.5 Å². The number of amides is 1. The first-order valence-electron chi connectivity index (χ1n) is 16.4. The van der Waals surface area contributed by atoms with Crippen LogP contribution in [0.1, 0.15) is 76.0 Å². The Hall–Kier alpha value is -3.97. The molecular formula is C40H43BrN2O4. The van der Waals surface area contributed by atoms with E-state index in [1.165, 1.54) is 5.56 Å². The fourth-order valence-corrected chi connectivity index (χ4v) is 7.92. The second-order valence-corrected chi connectivity index (χ2v) is 15.7. The molecule has 3 aromatic carbocycles. The number of hydrogen-bond acceptors (Lipinski definition) is 5. The van der Waals surface area contributed by atoms with Gasteiger partial charge in [0.15, 0.2) is 18.2 Å². The van der Waals surface area contributed by atoms with E-state index in [-0.39, 0.29) is 34.9 Å². The Bertz CT molecular complexity index is 1750. The number of aryl methyl sites for hydroxylation is 1. The van der Waals surface area contributed by atoms with Crippen LogP contribution in [0, 0.1) is 17.8 Å². The van der Waals surface area contributed by atoms with Gasteiger partial charge in [-0.2, -0.15) is 0 Å². The second kappa shape index (κ2) is 12.9. The number of Topliss-reactive ketones (excluding diaryl/α,β-unsaturated/α-hetero) is 2. The molecule has 1 amide bonds. The van der Waals surface area contributed by atoms with E-state index in [0.717, 1.165) is 58.6 Å². The van der Waals surface area contributed by atoms with Crippen molar-refractivity contribution < 1.29 is 19.1 Å². The largest absolute Gasteiger partial charge is 0.483 e. The molecule has 1 N–H and O–H groups in total. The summed E-state index contributed by atoms with van der Waals surface area (Å²) in [5.74, 6) is 0.0305. The lowest BCUT2D eigenvalue weighted by atomic mass is 9.63. The summed E-state index contributed by atoms with van der Waals surface area (Å²) in [7, 11) is 0. The zero-order valence-electron chi connectivity index (χ0n) is 27.9. The molecular weight excluding hydrogens is 652 g/mol. The molecule has 0 spiro atoms. The molecule has 0 saturated carbocycles. The minimum absolute atomic E-state index is 0.111. The standard InChI is InChI=1S/C40H43BrN2O4/c1-25-10-9-13-28(18-25)42-35(46)24-47-34-15-14-27(19-29(34)41)36-37-30(20-39(2,3)22-32(37)44)43(17-16-26-11-7-6-8-12-26)31-21-40(4,5)23-33(45)38(31)36/h6-15,18-19,36H,16-17,20-24H2,1-5H3,(H,42,46). The van der Waals surface area contributed by atoms with Crippen LogP contribution in [-0.4, -0.2) is 35.5 Å². The predicted octanol–water partition coefficient (Wildman–Crippen LogP) is 8.70. The van der Waals surface area contributed by atoms with E-state index in [1.807, 2.05) is 55.5 Å². The van der Waals surface area contributed by atoms with Gasteiger partial charge in [0.2, 0.25) is 0 Å². The summed E-state index contributed by atoms with van der Waals surface area (Å²) < 4.78 is 6.59. The Kier molecular flexibility index (Phi) is 9.05. The molecule has 0 atom stereocenters. The molecule has 3 aliphatic rings. The van der Waals surface area contributed by atoms with E-state index >= 15 is 0 Å². The van der Waals surface area contributed by atoms with Crippen LogP contribution in [0.3, 0.4) is 0 Å². The van der Waals surface area contributed by atoms with Crippen LogP contribution < -0.4 is 10.1 Å². The Morgan fingerprint density at radius 3 is 2.09 bits per heavy atom. The van der Waals surface area contributed by atoms with Crippen LogP contribution in [-0.2, 0) is 20.8 Å². The van der Waals surface area contributed by atoms with Crippen molar-refractivity contribution in [2.45, 2.75) is 72.6 Å². The van der Waals surface area contributed by atoms with Gasteiger partial charge >= 0.3 is 0 Å². The first kappa shape index (κ1) is 33.0. The van der Waals surface area contributed by atoms with Gasteiger partial charge in [-0.15, -0.1) is 0 Å². The van der Waals surface area contributed by atoms with Crippen molar-refractivity contribution in [3.63, 3.8) is 0 Å². The number of ether oxygens (including phenoxy) is 1. The molecule has 2 aliphatic carbocycles. The van der Waals surface area contributed by atoms with Gasteiger partial charge < -0.3 is 15.0 Å². The molecule has 3 aromatic rings. The molecule has 6 nitrogen and oxygen atoms in total. The van der Waals surface area contributed by atoms with Gasteiger partial charge in [-0.05, 0) is 93.9 Å². The molecule has 0 unspecified atom stereocenters. The van der Waals surface area contributed by atoms with Crippen molar-refractivity contribution in [3.05, 3.63) is 116 Å². The van der Waals surface area contributed by atoms with Crippen molar-refractivity contribution >= 4 is 39.1 Å². The number of carbonyl (C=O) groups is 3. The number of halogens is 1. The third-order valence-corrected chi connectivity index (χ3v) is 10.1. The van der Waals surface area contributed by atoms with Gasteiger partial charge in [-0.25, -0.2) is 0 Å².